The van der Waals surface area contributed by atoms with Crippen LogP contribution in [0.4, 0.5) is 18.2 Å². The number of esters is 1. The molecule has 0 saturated carbocycles. The number of benzene rings is 1. The molecule has 6 nitrogen and oxygen atoms in total. The van der Waals surface area contributed by atoms with E-state index in [1.807, 2.05) is 6.07 Å². The first kappa shape index (κ1) is 27.8. The second-order valence-electron chi connectivity index (χ2n) is 9.68. The van der Waals surface area contributed by atoms with Crippen LogP contribution in [0.2, 0.25) is 5.02 Å². The van der Waals surface area contributed by atoms with Gasteiger partial charge in [-0.15, -0.1) is 11.3 Å². The molecule has 11 heteroatoms. The van der Waals surface area contributed by atoms with E-state index in [0.717, 1.165) is 22.6 Å². The number of carbonyl (C=O) groups is 2. The summed E-state index contributed by atoms with van der Waals surface area (Å²) >= 11 is 6.89. The van der Waals surface area contributed by atoms with Crippen LogP contribution in [-0.4, -0.2) is 30.3 Å². The summed E-state index contributed by atoms with van der Waals surface area (Å²) in [5.41, 5.74) is -3.12. The first-order chi connectivity index (χ1) is 16.7. The third kappa shape index (κ3) is 5.47. The molecule has 0 saturated heterocycles. The number of rotatable bonds is 6. The summed E-state index contributed by atoms with van der Waals surface area (Å²) in [6, 6.07) is 7.30. The summed E-state index contributed by atoms with van der Waals surface area (Å²) in [5.74, 6) is -2.65. The monoisotopic (exact) mass is 541 g/mol. The van der Waals surface area contributed by atoms with E-state index in [1.54, 1.807) is 5.32 Å². The van der Waals surface area contributed by atoms with Crippen LogP contribution in [-0.2, 0) is 22.4 Å². The lowest BCUT2D eigenvalue weighted by atomic mass is 9.72. The van der Waals surface area contributed by atoms with Crippen molar-refractivity contribution in [1.82, 2.24) is 5.32 Å². The number of fused-ring (bicyclic) bond motifs is 1. The van der Waals surface area contributed by atoms with E-state index in [9.17, 15) is 28.0 Å². The molecule has 2 atom stereocenters. The Labute approximate surface area is 216 Å². The van der Waals surface area contributed by atoms with E-state index in [1.165, 1.54) is 31.2 Å². The molecule has 0 radical (unpaired) electrons. The molecule has 1 aromatic carbocycles. The van der Waals surface area contributed by atoms with Gasteiger partial charge in [0.05, 0.1) is 12.2 Å². The molecule has 3 rings (SSSR count). The third-order valence-corrected chi connectivity index (χ3v) is 7.70. The molecule has 0 aliphatic heterocycles. The van der Waals surface area contributed by atoms with Gasteiger partial charge in [-0.2, -0.15) is 18.4 Å². The van der Waals surface area contributed by atoms with Gasteiger partial charge in [-0.05, 0) is 61.3 Å². The first-order valence-corrected chi connectivity index (χ1v) is 12.6. The van der Waals surface area contributed by atoms with Crippen molar-refractivity contribution in [2.24, 2.45) is 11.3 Å². The fourth-order valence-electron chi connectivity index (χ4n) is 4.20. The Morgan fingerprint density at radius 2 is 1.97 bits per heavy atom. The summed E-state index contributed by atoms with van der Waals surface area (Å²) in [7, 11) is 0. The fourth-order valence-corrected chi connectivity index (χ4v) is 5.73. The lowest BCUT2D eigenvalue weighted by Gasteiger charge is -2.35. The van der Waals surface area contributed by atoms with E-state index in [2.05, 4.69) is 26.1 Å². The summed E-state index contributed by atoms with van der Waals surface area (Å²) in [4.78, 5) is 26.5. The highest BCUT2D eigenvalue weighted by Gasteiger charge is 2.64. The number of thiophene rings is 1. The third-order valence-electron chi connectivity index (χ3n) is 6.30. The minimum absolute atomic E-state index is 0.0202. The Kier molecular flexibility index (Phi) is 7.96. The SMILES string of the molecule is CCOC(=O)[C@@](NC(=O)c1cccc(Cl)c1)(Nc1sc2c(c1C#N)CC[C@@H](C(C)(C)C)C2)C(F)(F)F. The van der Waals surface area contributed by atoms with Crippen LogP contribution >= 0.6 is 22.9 Å². The number of hydrogen-bond acceptors (Lipinski definition) is 6. The molecule has 0 unspecified atom stereocenters. The molecule has 36 heavy (non-hydrogen) atoms. The van der Waals surface area contributed by atoms with Crippen LogP contribution in [0.1, 0.15) is 60.5 Å². The Hall–Kier alpha value is -2.77. The Balaban J connectivity index is 2.09. The maximum atomic E-state index is 14.6. The Bertz CT molecular complexity index is 1200. The van der Waals surface area contributed by atoms with Crippen LogP contribution < -0.4 is 10.6 Å². The molecule has 2 N–H and O–H groups in total. The number of nitrogens with zero attached hydrogens (tertiary/aromatic N) is 1. The number of alkyl halides is 3. The number of nitriles is 1. The van der Waals surface area contributed by atoms with Gasteiger partial charge in [-0.1, -0.05) is 38.4 Å². The van der Waals surface area contributed by atoms with Gasteiger partial charge in [-0.25, -0.2) is 4.79 Å². The fraction of sp³-hybridized carbons (Fsp3) is 0.480. The van der Waals surface area contributed by atoms with Gasteiger partial charge in [0.15, 0.2) is 0 Å². The predicted octanol–water partition coefficient (Wildman–Crippen LogP) is 6.09. The first-order valence-electron chi connectivity index (χ1n) is 11.4. The Morgan fingerprint density at radius 3 is 2.53 bits per heavy atom. The van der Waals surface area contributed by atoms with Crippen molar-refractivity contribution in [3.8, 4) is 6.07 Å². The topological polar surface area (TPSA) is 91.2 Å². The zero-order chi connectivity index (χ0) is 26.9. The maximum Gasteiger partial charge on any atom is 0.441 e. The van der Waals surface area contributed by atoms with Crippen molar-refractivity contribution in [2.45, 2.75) is 58.8 Å². The van der Waals surface area contributed by atoms with Crippen LogP contribution in [0.3, 0.4) is 0 Å². The van der Waals surface area contributed by atoms with Crippen molar-refractivity contribution in [1.29, 1.82) is 5.26 Å². The van der Waals surface area contributed by atoms with Gasteiger partial charge in [-0.3, -0.25) is 4.79 Å². The molecule has 0 spiro atoms. The van der Waals surface area contributed by atoms with Crippen LogP contribution in [0.25, 0.3) is 0 Å². The molecule has 194 valence electrons. The van der Waals surface area contributed by atoms with Crippen LogP contribution in [0.15, 0.2) is 24.3 Å². The molecule has 0 bridgehead atoms. The minimum Gasteiger partial charge on any atom is -0.463 e. The van der Waals surface area contributed by atoms with Crippen molar-refractivity contribution in [2.75, 3.05) is 11.9 Å². The number of hydrogen-bond donors (Lipinski definition) is 2. The van der Waals surface area contributed by atoms with Gasteiger partial charge >= 0.3 is 17.8 Å². The molecule has 1 aromatic heterocycles. The van der Waals surface area contributed by atoms with Crippen molar-refractivity contribution in [3.05, 3.63) is 50.9 Å². The summed E-state index contributed by atoms with van der Waals surface area (Å²) in [5, 5.41) is 13.8. The number of amides is 1. The average Bonchev–Trinajstić information content (AvgIpc) is 3.13. The normalized spacial score (nSPS) is 17.4. The van der Waals surface area contributed by atoms with Gasteiger partial charge < -0.3 is 15.4 Å². The number of ether oxygens (including phenoxy) is 1. The number of halogens is 4. The molecule has 0 fully saturated rings. The standard InChI is InChI=1S/C25H27ClF3N3O3S/c1-5-35-22(34)24(25(27,28)29,31-20(33)14-7-6-8-16(26)11-14)32-21-18(13-30)17-10-9-15(23(2,3)4)12-19(17)36-21/h6-8,11,15,32H,5,9-10,12H2,1-4H3,(H,31,33)/t15-,24-/m1/s1. The molecule has 1 aliphatic carbocycles. The summed E-state index contributed by atoms with van der Waals surface area (Å²) < 4.78 is 48.7. The van der Waals surface area contributed by atoms with Gasteiger partial charge in [0.1, 0.15) is 11.1 Å². The maximum absolute atomic E-state index is 14.6. The smallest absolute Gasteiger partial charge is 0.441 e. The minimum atomic E-state index is -5.32. The van der Waals surface area contributed by atoms with Crippen molar-refractivity contribution >= 4 is 39.8 Å². The molecule has 1 aliphatic rings. The number of anilines is 1. The van der Waals surface area contributed by atoms with E-state index >= 15 is 0 Å². The average molecular weight is 542 g/mol. The predicted molar refractivity (Wildman–Crippen MR) is 132 cm³/mol. The molecule has 2 aromatic rings. The second-order valence-corrected chi connectivity index (χ2v) is 11.2. The molecular weight excluding hydrogens is 515 g/mol. The van der Waals surface area contributed by atoms with Gasteiger partial charge in [0.25, 0.3) is 5.91 Å². The molecule has 1 heterocycles. The van der Waals surface area contributed by atoms with Crippen molar-refractivity contribution in [3.63, 3.8) is 0 Å². The van der Waals surface area contributed by atoms with E-state index in [4.69, 9.17) is 16.3 Å². The quantitative estimate of drug-likeness (QED) is 0.341. The van der Waals surface area contributed by atoms with Gasteiger partial charge in [0.2, 0.25) is 0 Å². The van der Waals surface area contributed by atoms with Crippen molar-refractivity contribution < 1.29 is 27.5 Å². The number of carbonyl (C=O) groups excluding carboxylic acids is 2. The highest BCUT2D eigenvalue weighted by atomic mass is 35.5. The Morgan fingerprint density at radius 1 is 1.28 bits per heavy atom. The largest absolute Gasteiger partial charge is 0.463 e. The van der Waals surface area contributed by atoms with E-state index < -0.39 is 23.7 Å². The highest BCUT2D eigenvalue weighted by Crippen LogP contribution is 2.45. The summed E-state index contributed by atoms with van der Waals surface area (Å²) in [6.07, 6.45) is -3.40. The van der Waals surface area contributed by atoms with E-state index in [-0.39, 0.29) is 39.1 Å². The second kappa shape index (κ2) is 10.3. The molecule has 1 amide bonds. The molecular formula is C25H27ClF3N3O3S. The number of nitrogens with one attached hydrogen (secondary N) is 2. The summed E-state index contributed by atoms with van der Waals surface area (Å²) in [6.45, 7) is 7.30. The van der Waals surface area contributed by atoms with Crippen LogP contribution in [0, 0.1) is 22.7 Å². The van der Waals surface area contributed by atoms with Crippen LogP contribution in [0.5, 0.6) is 0 Å². The van der Waals surface area contributed by atoms with Gasteiger partial charge in [0, 0.05) is 15.5 Å². The zero-order valence-corrected chi connectivity index (χ0v) is 21.9. The van der Waals surface area contributed by atoms with E-state index in [0.29, 0.717) is 18.4 Å². The lowest BCUT2D eigenvalue weighted by molar-refractivity contribution is -0.204. The zero-order valence-electron chi connectivity index (χ0n) is 20.3. The lowest BCUT2D eigenvalue weighted by Crippen LogP contribution is -2.69. The highest BCUT2D eigenvalue weighted by molar-refractivity contribution is 7.16.